The number of aromatic nitrogens is 1. The number of hydrogen-bond donors (Lipinski definition) is 0. The van der Waals surface area contributed by atoms with Gasteiger partial charge >= 0.3 is 0 Å². The first-order chi connectivity index (χ1) is 16.0. The SMILES string of the molecule is CN(C)C(=O)C1(Cc2ccccc2-c2cccnc2)CCN(C(=O)CC2CCCCC2)CC1. The molecule has 1 saturated carbocycles. The van der Waals surface area contributed by atoms with Gasteiger partial charge < -0.3 is 9.80 Å². The second kappa shape index (κ2) is 10.5. The molecule has 2 aromatic rings. The van der Waals surface area contributed by atoms with E-state index in [9.17, 15) is 9.59 Å². The summed E-state index contributed by atoms with van der Waals surface area (Å²) in [7, 11) is 3.69. The van der Waals surface area contributed by atoms with Crippen LogP contribution in [0.15, 0.2) is 48.8 Å². The van der Waals surface area contributed by atoms with E-state index in [-0.39, 0.29) is 11.8 Å². The van der Waals surface area contributed by atoms with E-state index in [0.29, 0.717) is 44.7 Å². The molecule has 5 nitrogen and oxygen atoms in total. The Hall–Kier alpha value is -2.69. The third-order valence-corrected chi connectivity index (χ3v) is 7.64. The molecule has 5 heteroatoms. The summed E-state index contributed by atoms with van der Waals surface area (Å²) in [6, 6.07) is 12.4. The number of carbonyl (C=O) groups is 2. The van der Waals surface area contributed by atoms with E-state index in [0.717, 1.165) is 11.1 Å². The Morgan fingerprint density at radius 1 is 1.03 bits per heavy atom. The van der Waals surface area contributed by atoms with Gasteiger partial charge in [0.2, 0.25) is 11.8 Å². The van der Waals surface area contributed by atoms with Gasteiger partial charge in [0.25, 0.3) is 0 Å². The van der Waals surface area contributed by atoms with Crippen LogP contribution in [0.25, 0.3) is 11.1 Å². The van der Waals surface area contributed by atoms with Crippen LogP contribution in [-0.4, -0.2) is 53.8 Å². The van der Waals surface area contributed by atoms with Gasteiger partial charge in [-0.1, -0.05) is 49.6 Å². The number of hydrogen-bond acceptors (Lipinski definition) is 3. The number of nitrogens with zero attached hydrogens (tertiary/aromatic N) is 3. The fourth-order valence-corrected chi connectivity index (χ4v) is 5.73. The number of benzene rings is 1. The molecule has 0 N–H and O–H groups in total. The number of pyridine rings is 1. The van der Waals surface area contributed by atoms with Crippen molar-refractivity contribution in [1.29, 1.82) is 0 Å². The second-order valence-electron chi connectivity index (χ2n) is 10.1. The third-order valence-electron chi connectivity index (χ3n) is 7.64. The molecule has 0 spiro atoms. The van der Waals surface area contributed by atoms with Crippen LogP contribution in [-0.2, 0) is 16.0 Å². The van der Waals surface area contributed by atoms with Crippen molar-refractivity contribution in [3.8, 4) is 11.1 Å². The molecule has 2 amide bonds. The standard InChI is InChI=1S/C28H37N3O2/c1-30(2)27(33)28(20-23-11-6-7-13-25(23)24-12-8-16-29-21-24)14-17-31(18-15-28)26(32)19-22-9-4-3-5-10-22/h6-8,11-13,16,21-22H,3-5,9-10,14-15,17-20H2,1-2H3. The summed E-state index contributed by atoms with van der Waals surface area (Å²) in [4.78, 5) is 34.5. The average molecular weight is 448 g/mol. The van der Waals surface area contributed by atoms with E-state index < -0.39 is 5.41 Å². The minimum Gasteiger partial charge on any atom is -0.348 e. The normalized spacial score (nSPS) is 18.7. The molecule has 2 aliphatic rings. The minimum absolute atomic E-state index is 0.169. The highest BCUT2D eigenvalue weighted by Crippen LogP contribution is 2.39. The van der Waals surface area contributed by atoms with Crippen LogP contribution in [0.4, 0.5) is 0 Å². The Labute approximate surface area is 198 Å². The van der Waals surface area contributed by atoms with Crippen molar-refractivity contribution in [3.63, 3.8) is 0 Å². The quantitative estimate of drug-likeness (QED) is 0.629. The van der Waals surface area contributed by atoms with Crippen molar-refractivity contribution >= 4 is 11.8 Å². The molecular formula is C28H37N3O2. The van der Waals surface area contributed by atoms with Gasteiger partial charge in [-0.2, -0.15) is 0 Å². The van der Waals surface area contributed by atoms with Crippen molar-refractivity contribution in [2.45, 2.75) is 57.8 Å². The zero-order chi connectivity index (χ0) is 23.3. The highest BCUT2D eigenvalue weighted by Gasteiger charge is 2.43. The zero-order valence-electron chi connectivity index (χ0n) is 20.1. The molecule has 0 radical (unpaired) electrons. The lowest BCUT2D eigenvalue weighted by molar-refractivity contribution is -0.146. The first-order valence-electron chi connectivity index (χ1n) is 12.5. The topological polar surface area (TPSA) is 53.5 Å². The largest absolute Gasteiger partial charge is 0.348 e. The molecule has 1 aromatic carbocycles. The van der Waals surface area contributed by atoms with Gasteiger partial charge in [-0.15, -0.1) is 0 Å². The molecule has 2 heterocycles. The van der Waals surface area contributed by atoms with Crippen LogP contribution >= 0.6 is 0 Å². The van der Waals surface area contributed by atoms with Gasteiger partial charge in [0.15, 0.2) is 0 Å². The lowest BCUT2D eigenvalue weighted by Gasteiger charge is -2.42. The monoisotopic (exact) mass is 447 g/mol. The number of piperidine rings is 1. The minimum atomic E-state index is -0.483. The number of rotatable bonds is 6. The second-order valence-corrected chi connectivity index (χ2v) is 10.1. The van der Waals surface area contributed by atoms with E-state index in [2.05, 4.69) is 23.2 Å². The summed E-state index contributed by atoms with van der Waals surface area (Å²) in [6.45, 7) is 1.33. The molecule has 1 aromatic heterocycles. The number of amides is 2. The summed E-state index contributed by atoms with van der Waals surface area (Å²) >= 11 is 0. The van der Waals surface area contributed by atoms with Crippen LogP contribution in [0.2, 0.25) is 0 Å². The highest BCUT2D eigenvalue weighted by molar-refractivity contribution is 5.84. The first-order valence-corrected chi connectivity index (χ1v) is 12.5. The van der Waals surface area contributed by atoms with Crippen LogP contribution in [0, 0.1) is 11.3 Å². The van der Waals surface area contributed by atoms with Crippen LogP contribution in [0.3, 0.4) is 0 Å². The Morgan fingerprint density at radius 3 is 2.42 bits per heavy atom. The van der Waals surface area contributed by atoms with Gasteiger partial charge in [0, 0.05) is 51.6 Å². The van der Waals surface area contributed by atoms with Gasteiger partial charge in [-0.3, -0.25) is 14.6 Å². The Kier molecular flexibility index (Phi) is 7.46. The third kappa shape index (κ3) is 5.45. The van der Waals surface area contributed by atoms with Gasteiger partial charge in [0.05, 0.1) is 5.41 Å². The van der Waals surface area contributed by atoms with E-state index in [1.807, 2.05) is 43.4 Å². The maximum Gasteiger partial charge on any atom is 0.228 e. The molecule has 2 fully saturated rings. The molecule has 33 heavy (non-hydrogen) atoms. The summed E-state index contributed by atoms with van der Waals surface area (Å²) < 4.78 is 0. The van der Waals surface area contributed by atoms with E-state index in [1.54, 1.807) is 11.1 Å². The van der Waals surface area contributed by atoms with Gasteiger partial charge in [-0.05, 0) is 55.2 Å². The number of likely N-dealkylation sites (tertiary alicyclic amines) is 1. The van der Waals surface area contributed by atoms with Crippen molar-refractivity contribution in [3.05, 3.63) is 54.4 Å². The highest BCUT2D eigenvalue weighted by atomic mass is 16.2. The van der Waals surface area contributed by atoms with E-state index in [1.165, 1.54) is 37.7 Å². The summed E-state index contributed by atoms with van der Waals surface area (Å²) in [5.74, 6) is 0.999. The molecular weight excluding hydrogens is 410 g/mol. The maximum absolute atomic E-state index is 13.5. The molecule has 0 atom stereocenters. The van der Waals surface area contributed by atoms with Crippen molar-refractivity contribution in [1.82, 2.24) is 14.8 Å². The molecule has 1 saturated heterocycles. The summed E-state index contributed by atoms with van der Waals surface area (Å²) in [6.07, 6.45) is 12.6. The zero-order valence-corrected chi connectivity index (χ0v) is 20.1. The van der Waals surface area contributed by atoms with Crippen molar-refractivity contribution < 1.29 is 9.59 Å². The van der Waals surface area contributed by atoms with Crippen LogP contribution in [0.1, 0.15) is 56.9 Å². The van der Waals surface area contributed by atoms with Gasteiger partial charge in [0.1, 0.15) is 0 Å². The van der Waals surface area contributed by atoms with E-state index in [4.69, 9.17) is 0 Å². The molecule has 1 aliphatic carbocycles. The average Bonchev–Trinajstić information content (AvgIpc) is 2.85. The Bertz CT molecular complexity index is 943. The molecule has 176 valence electrons. The predicted octanol–water partition coefficient (Wildman–Crippen LogP) is 4.96. The van der Waals surface area contributed by atoms with Gasteiger partial charge in [-0.25, -0.2) is 0 Å². The molecule has 0 unspecified atom stereocenters. The summed E-state index contributed by atoms with van der Waals surface area (Å²) in [5.41, 5.74) is 2.89. The smallest absolute Gasteiger partial charge is 0.228 e. The molecule has 1 aliphatic heterocycles. The molecule has 4 rings (SSSR count). The van der Waals surface area contributed by atoms with Crippen LogP contribution < -0.4 is 0 Å². The summed E-state index contributed by atoms with van der Waals surface area (Å²) in [5, 5.41) is 0. The predicted molar refractivity (Wildman–Crippen MR) is 132 cm³/mol. The maximum atomic E-state index is 13.5. The number of carbonyl (C=O) groups excluding carboxylic acids is 2. The fraction of sp³-hybridized carbons (Fsp3) is 0.536. The first kappa shape index (κ1) is 23.5. The fourth-order valence-electron chi connectivity index (χ4n) is 5.73. The van der Waals surface area contributed by atoms with Crippen molar-refractivity contribution in [2.75, 3.05) is 27.2 Å². The Balaban J connectivity index is 1.51. The van der Waals surface area contributed by atoms with E-state index >= 15 is 0 Å². The lowest BCUT2D eigenvalue weighted by Crippen LogP contribution is -2.51. The van der Waals surface area contributed by atoms with Crippen molar-refractivity contribution in [2.24, 2.45) is 11.3 Å². The Morgan fingerprint density at radius 2 is 1.76 bits per heavy atom. The van der Waals surface area contributed by atoms with Crippen LogP contribution in [0.5, 0.6) is 0 Å². The molecule has 0 bridgehead atoms. The lowest BCUT2D eigenvalue weighted by atomic mass is 9.71.